The van der Waals surface area contributed by atoms with Crippen LogP contribution in [0, 0.1) is 6.92 Å². The maximum absolute atomic E-state index is 4.57. The van der Waals surface area contributed by atoms with Gasteiger partial charge in [0, 0.05) is 38.4 Å². The van der Waals surface area contributed by atoms with Crippen molar-refractivity contribution < 1.29 is 0 Å². The molecule has 0 amide bonds. The van der Waals surface area contributed by atoms with Crippen LogP contribution < -0.4 is 10.2 Å². The third-order valence-corrected chi connectivity index (χ3v) is 3.19. The summed E-state index contributed by atoms with van der Waals surface area (Å²) in [4.78, 5) is 13.5. The molecule has 1 aliphatic rings. The van der Waals surface area contributed by atoms with Crippen LogP contribution in [0.25, 0.3) is 0 Å². The van der Waals surface area contributed by atoms with E-state index in [9.17, 15) is 0 Å². The normalized spacial score (nSPS) is 17.9. The highest BCUT2D eigenvalue weighted by molar-refractivity contribution is 5.48. The Labute approximate surface area is 103 Å². The molecule has 5 nitrogen and oxygen atoms in total. The van der Waals surface area contributed by atoms with Gasteiger partial charge in [-0.25, -0.2) is 4.98 Å². The molecule has 1 fully saturated rings. The van der Waals surface area contributed by atoms with E-state index in [4.69, 9.17) is 0 Å². The van der Waals surface area contributed by atoms with E-state index in [0.717, 1.165) is 31.0 Å². The minimum absolute atomic E-state index is 0.697. The molecule has 1 aromatic heterocycles. The van der Waals surface area contributed by atoms with Crippen LogP contribution in [0.1, 0.15) is 12.0 Å². The Balaban J connectivity index is 2.20. The van der Waals surface area contributed by atoms with Gasteiger partial charge >= 0.3 is 0 Å². The molecule has 0 aromatic carbocycles. The first kappa shape index (κ1) is 12.1. The van der Waals surface area contributed by atoms with E-state index >= 15 is 0 Å². The molecule has 1 saturated heterocycles. The molecule has 1 aliphatic heterocycles. The summed E-state index contributed by atoms with van der Waals surface area (Å²) in [6.45, 7) is 6.45. The number of nitrogens with one attached hydrogen (secondary N) is 1. The fourth-order valence-corrected chi connectivity index (χ4v) is 2.13. The van der Waals surface area contributed by atoms with Crippen LogP contribution in [0.5, 0.6) is 0 Å². The summed E-state index contributed by atoms with van der Waals surface area (Å²) < 4.78 is 0. The smallest absolute Gasteiger partial charge is 0.224 e. The molecule has 0 radical (unpaired) electrons. The van der Waals surface area contributed by atoms with Crippen LogP contribution in [0.4, 0.5) is 11.8 Å². The van der Waals surface area contributed by atoms with Crippen molar-refractivity contribution in [2.75, 3.05) is 50.5 Å². The van der Waals surface area contributed by atoms with Gasteiger partial charge in [0.25, 0.3) is 0 Å². The Morgan fingerprint density at radius 1 is 1.24 bits per heavy atom. The zero-order valence-corrected chi connectivity index (χ0v) is 10.9. The maximum Gasteiger partial charge on any atom is 0.224 e. The third-order valence-electron chi connectivity index (χ3n) is 3.19. The lowest BCUT2D eigenvalue weighted by molar-refractivity contribution is 0.360. The molecule has 2 rings (SSSR count). The van der Waals surface area contributed by atoms with Crippen LogP contribution in [0.3, 0.4) is 0 Å². The minimum atomic E-state index is 0.697. The molecule has 0 unspecified atom stereocenters. The molecule has 1 aromatic rings. The number of aryl methyl sites for hydroxylation is 1. The molecule has 17 heavy (non-hydrogen) atoms. The Morgan fingerprint density at radius 3 is 2.82 bits per heavy atom. The number of anilines is 2. The number of aromatic nitrogens is 2. The minimum Gasteiger partial charge on any atom is -0.357 e. The van der Waals surface area contributed by atoms with Gasteiger partial charge in [0.2, 0.25) is 5.95 Å². The van der Waals surface area contributed by atoms with Crippen molar-refractivity contribution in [2.45, 2.75) is 13.3 Å². The Hall–Kier alpha value is -1.36. The predicted molar refractivity (Wildman–Crippen MR) is 70.6 cm³/mol. The van der Waals surface area contributed by atoms with Gasteiger partial charge < -0.3 is 15.1 Å². The SMILES string of the molecule is CNc1ncc(C)c(N2CCCN(C)CC2)n1. The lowest BCUT2D eigenvalue weighted by Gasteiger charge is -2.23. The quantitative estimate of drug-likeness (QED) is 0.827. The van der Waals surface area contributed by atoms with Crippen molar-refractivity contribution in [3.05, 3.63) is 11.8 Å². The highest BCUT2D eigenvalue weighted by atomic mass is 15.3. The summed E-state index contributed by atoms with van der Waals surface area (Å²) in [5.41, 5.74) is 1.15. The second kappa shape index (κ2) is 5.31. The van der Waals surface area contributed by atoms with Crippen molar-refractivity contribution in [3.63, 3.8) is 0 Å². The lowest BCUT2D eigenvalue weighted by atomic mass is 10.3. The number of nitrogens with zero attached hydrogens (tertiary/aromatic N) is 4. The van der Waals surface area contributed by atoms with E-state index in [1.807, 2.05) is 13.2 Å². The molecule has 0 saturated carbocycles. The number of hydrogen-bond acceptors (Lipinski definition) is 5. The highest BCUT2D eigenvalue weighted by Crippen LogP contribution is 2.19. The summed E-state index contributed by atoms with van der Waals surface area (Å²) in [6, 6.07) is 0. The topological polar surface area (TPSA) is 44.3 Å². The summed E-state index contributed by atoms with van der Waals surface area (Å²) in [5.74, 6) is 1.77. The molecule has 5 heteroatoms. The second-order valence-corrected chi connectivity index (χ2v) is 4.59. The third kappa shape index (κ3) is 2.85. The lowest BCUT2D eigenvalue weighted by Crippen LogP contribution is -2.30. The monoisotopic (exact) mass is 235 g/mol. The van der Waals surface area contributed by atoms with Crippen molar-refractivity contribution in [1.29, 1.82) is 0 Å². The van der Waals surface area contributed by atoms with Gasteiger partial charge in [-0.15, -0.1) is 0 Å². The Bertz CT molecular complexity index is 379. The maximum atomic E-state index is 4.57. The van der Waals surface area contributed by atoms with Gasteiger partial charge in [-0.3, -0.25) is 0 Å². The molecule has 1 N–H and O–H groups in total. The zero-order chi connectivity index (χ0) is 12.3. The molecule has 94 valence electrons. The van der Waals surface area contributed by atoms with Crippen LogP contribution in [-0.4, -0.2) is 55.1 Å². The Morgan fingerprint density at radius 2 is 2.06 bits per heavy atom. The molecule has 0 spiro atoms. The van der Waals surface area contributed by atoms with Gasteiger partial charge in [-0.05, 0) is 26.9 Å². The number of rotatable bonds is 2. The molecule has 2 heterocycles. The molecular formula is C12H21N5. The first-order chi connectivity index (χ1) is 8.20. The van der Waals surface area contributed by atoms with Gasteiger partial charge in [-0.1, -0.05) is 0 Å². The van der Waals surface area contributed by atoms with E-state index < -0.39 is 0 Å². The van der Waals surface area contributed by atoms with E-state index in [2.05, 4.69) is 39.1 Å². The van der Waals surface area contributed by atoms with Crippen LogP contribution in [-0.2, 0) is 0 Å². The van der Waals surface area contributed by atoms with Crippen LogP contribution in [0.15, 0.2) is 6.20 Å². The van der Waals surface area contributed by atoms with Crippen molar-refractivity contribution in [1.82, 2.24) is 14.9 Å². The van der Waals surface area contributed by atoms with Crippen molar-refractivity contribution in [3.8, 4) is 0 Å². The van der Waals surface area contributed by atoms with Crippen molar-refractivity contribution in [2.24, 2.45) is 0 Å². The van der Waals surface area contributed by atoms with E-state index in [1.54, 1.807) is 0 Å². The van der Waals surface area contributed by atoms with Gasteiger partial charge in [0.1, 0.15) is 5.82 Å². The van der Waals surface area contributed by atoms with Crippen molar-refractivity contribution >= 4 is 11.8 Å². The van der Waals surface area contributed by atoms with Gasteiger partial charge in [0.15, 0.2) is 0 Å². The summed E-state index contributed by atoms with van der Waals surface area (Å²) >= 11 is 0. The van der Waals surface area contributed by atoms with E-state index in [0.29, 0.717) is 5.95 Å². The van der Waals surface area contributed by atoms with Gasteiger partial charge in [0.05, 0.1) is 0 Å². The summed E-state index contributed by atoms with van der Waals surface area (Å²) in [6.07, 6.45) is 3.08. The number of likely N-dealkylation sites (N-methyl/N-ethyl adjacent to an activating group) is 1. The largest absolute Gasteiger partial charge is 0.357 e. The van der Waals surface area contributed by atoms with Crippen LogP contribution in [0.2, 0.25) is 0 Å². The summed E-state index contributed by atoms with van der Waals surface area (Å²) in [7, 11) is 4.03. The van der Waals surface area contributed by atoms with Crippen LogP contribution >= 0.6 is 0 Å². The summed E-state index contributed by atoms with van der Waals surface area (Å²) in [5, 5.41) is 3.00. The molecule has 0 aliphatic carbocycles. The number of hydrogen-bond donors (Lipinski definition) is 1. The first-order valence-electron chi connectivity index (χ1n) is 6.15. The highest BCUT2D eigenvalue weighted by Gasteiger charge is 2.16. The molecule has 0 bridgehead atoms. The van der Waals surface area contributed by atoms with E-state index in [-0.39, 0.29) is 0 Å². The molecular weight excluding hydrogens is 214 g/mol. The fourth-order valence-electron chi connectivity index (χ4n) is 2.13. The first-order valence-corrected chi connectivity index (χ1v) is 6.15. The fraction of sp³-hybridized carbons (Fsp3) is 0.667. The van der Waals surface area contributed by atoms with Gasteiger partial charge in [-0.2, -0.15) is 4.98 Å². The molecule has 0 atom stereocenters. The standard InChI is InChI=1S/C12H21N5/c1-10-9-14-12(13-2)15-11(10)17-6-4-5-16(3)7-8-17/h9H,4-8H2,1-3H3,(H,13,14,15). The zero-order valence-electron chi connectivity index (χ0n) is 10.9. The average Bonchev–Trinajstić information content (AvgIpc) is 2.55. The Kier molecular flexibility index (Phi) is 3.78. The second-order valence-electron chi connectivity index (χ2n) is 4.59. The van der Waals surface area contributed by atoms with E-state index in [1.165, 1.54) is 13.0 Å². The average molecular weight is 235 g/mol. The predicted octanol–water partition coefficient (Wildman–Crippen LogP) is 0.969.